The highest BCUT2D eigenvalue weighted by Crippen LogP contribution is 2.30. The van der Waals surface area contributed by atoms with Gasteiger partial charge >= 0.3 is 0 Å². The number of amides is 1. The Hall–Kier alpha value is -2.35. The van der Waals surface area contributed by atoms with Crippen molar-refractivity contribution in [2.75, 3.05) is 6.54 Å². The van der Waals surface area contributed by atoms with E-state index < -0.39 is 5.76 Å². The summed E-state index contributed by atoms with van der Waals surface area (Å²) in [6, 6.07) is 11.1. The van der Waals surface area contributed by atoms with Crippen LogP contribution in [0.2, 0.25) is 0 Å². The summed E-state index contributed by atoms with van der Waals surface area (Å²) in [5, 5.41) is 0.169. The Balaban J connectivity index is 1.63. The molecule has 1 atom stereocenters. The van der Waals surface area contributed by atoms with Crippen LogP contribution in [0.1, 0.15) is 18.7 Å². The van der Waals surface area contributed by atoms with Gasteiger partial charge in [-0.05, 0) is 43.0 Å². The number of rotatable bonds is 4. The topological polar surface area (TPSA) is 43.1 Å². The molecule has 3 heterocycles. The molecule has 3 aromatic rings. The maximum atomic E-state index is 13.0. The third-order valence-corrected chi connectivity index (χ3v) is 5.47. The fourth-order valence-corrected chi connectivity index (χ4v) is 4.12. The number of carbonyl (C=O) groups excluding carboxylic acids is 1. The van der Waals surface area contributed by atoms with E-state index in [4.69, 9.17) is 0 Å². The molecule has 1 aliphatic heterocycles. The highest BCUT2D eigenvalue weighted by atomic mass is 32.2. The van der Waals surface area contributed by atoms with E-state index in [-0.39, 0.29) is 23.7 Å². The third-order valence-electron chi connectivity index (χ3n) is 4.77. The van der Waals surface area contributed by atoms with Crippen molar-refractivity contribution in [1.82, 2.24) is 19.0 Å². The SMILES string of the molecule is CC1c2cccn2CCN1C(=O)Cn1c(SC(F)F)nc2ccccc21. The molecule has 0 saturated carbocycles. The van der Waals surface area contributed by atoms with Crippen molar-refractivity contribution in [3.05, 3.63) is 48.3 Å². The number of benzene rings is 1. The fourth-order valence-electron chi connectivity index (χ4n) is 3.52. The molecule has 0 saturated heterocycles. The molecule has 1 amide bonds. The zero-order valence-electron chi connectivity index (χ0n) is 14.2. The Bertz CT molecular complexity index is 952. The molecule has 4 rings (SSSR count). The van der Waals surface area contributed by atoms with Crippen molar-refractivity contribution in [3.63, 3.8) is 0 Å². The maximum Gasteiger partial charge on any atom is 0.291 e. The lowest BCUT2D eigenvalue weighted by Gasteiger charge is -2.35. The number of aromatic nitrogens is 3. The van der Waals surface area contributed by atoms with Gasteiger partial charge in [-0.1, -0.05) is 12.1 Å². The van der Waals surface area contributed by atoms with Crippen LogP contribution in [0.25, 0.3) is 11.0 Å². The van der Waals surface area contributed by atoms with E-state index in [1.165, 1.54) is 0 Å². The van der Waals surface area contributed by atoms with Crippen LogP contribution in [-0.4, -0.2) is 37.2 Å². The smallest absolute Gasteiger partial charge is 0.291 e. The molecule has 2 aromatic heterocycles. The van der Waals surface area contributed by atoms with Gasteiger partial charge in [-0.25, -0.2) is 4.98 Å². The van der Waals surface area contributed by atoms with Gasteiger partial charge in [0.2, 0.25) is 5.91 Å². The summed E-state index contributed by atoms with van der Waals surface area (Å²) in [7, 11) is 0. The average molecular weight is 376 g/mol. The molecule has 0 bridgehead atoms. The van der Waals surface area contributed by atoms with Crippen LogP contribution in [0.5, 0.6) is 0 Å². The van der Waals surface area contributed by atoms with Crippen LogP contribution in [0.15, 0.2) is 47.8 Å². The van der Waals surface area contributed by atoms with Crippen LogP contribution in [0.4, 0.5) is 8.78 Å². The van der Waals surface area contributed by atoms with Gasteiger partial charge in [0.15, 0.2) is 5.16 Å². The predicted molar refractivity (Wildman–Crippen MR) is 96.2 cm³/mol. The summed E-state index contributed by atoms with van der Waals surface area (Å²) in [6.07, 6.45) is 2.01. The maximum absolute atomic E-state index is 13.0. The second-order valence-corrected chi connectivity index (χ2v) is 7.19. The lowest BCUT2D eigenvalue weighted by Crippen LogP contribution is -2.42. The van der Waals surface area contributed by atoms with Crippen molar-refractivity contribution < 1.29 is 13.6 Å². The molecule has 8 heteroatoms. The van der Waals surface area contributed by atoms with Crippen molar-refractivity contribution in [2.45, 2.75) is 37.0 Å². The number of alkyl halides is 2. The highest BCUT2D eigenvalue weighted by Gasteiger charge is 2.28. The first-order chi connectivity index (χ1) is 12.5. The zero-order valence-corrected chi connectivity index (χ0v) is 15.0. The number of halogens is 2. The normalized spacial score (nSPS) is 17.1. The summed E-state index contributed by atoms with van der Waals surface area (Å²) < 4.78 is 29.6. The first-order valence-electron chi connectivity index (χ1n) is 8.39. The number of fused-ring (bicyclic) bond motifs is 2. The van der Waals surface area contributed by atoms with E-state index in [2.05, 4.69) is 9.55 Å². The summed E-state index contributed by atoms with van der Waals surface area (Å²) in [4.78, 5) is 19.0. The molecule has 0 aliphatic carbocycles. The van der Waals surface area contributed by atoms with Gasteiger partial charge in [0.05, 0.1) is 17.1 Å². The molecule has 0 spiro atoms. The van der Waals surface area contributed by atoms with Gasteiger partial charge in [0.1, 0.15) is 6.54 Å². The van der Waals surface area contributed by atoms with E-state index in [0.717, 1.165) is 12.2 Å². The molecule has 0 fully saturated rings. The van der Waals surface area contributed by atoms with Crippen LogP contribution in [-0.2, 0) is 17.9 Å². The highest BCUT2D eigenvalue weighted by molar-refractivity contribution is 7.99. The van der Waals surface area contributed by atoms with Gasteiger partial charge in [0.25, 0.3) is 5.76 Å². The zero-order chi connectivity index (χ0) is 18.3. The Morgan fingerprint density at radius 1 is 1.27 bits per heavy atom. The minimum atomic E-state index is -2.59. The third kappa shape index (κ3) is 2.98. The average Bonchev–Trinajstić information content (AvgIpc) is 3.20. The standard InChI is InChI=1S/C18H18F2N4OS/c1-12-14-7-4-8-22(14)9-10-23(12)16(25)11-24-15-6-3-2-5-13(15)21-18(24)26-17(19)20/h2-8,12,17H,9-11H2,1H3. The van der Waals surface area contributed by atoms with Gasteiger partial charge in [-0.2, -0.15) is 8.78 Å². The summed E-state index contributed by atoms with van der Waals surface area (Å²) >= 11 is 0.374. The van der Waals surface area contributed by atoms with E-state index in [0.29, 0.717) is 29.3 Å². The molecule has 5 nitrogen and oxygen atoms in total. The van der Waals surface area contributed by atoms with Crippen LogP contribution < -0.4 is 0 Å². The number of carbonyl (C=O) groups is 1. The lowest BCUT2D eigenvalue weighted by atomic mass is 10.1. The number of hydrogen-bond donors (Lipinski definition) is 0. The van der Waals surface area contributed by atoms with Crippen LogP contribution in [0, 0.1) is 0 Å². The molecular weight excluding hydrogens is 358 g/mol. The lowest BCUT2D eigenvalue weighted by molar-refractivity contribution is -0.135. The molecule has 1 unspecified atom stereocenters. The van der Waals surface area contributed by atoms with Gasteiger partial charge < -0.3 is 14.0 Å². The van der Waals surface area contributed by atoms with Crippen molar-refractivity contribution >= 4 is 28.7 Å². The summed E-state index contributed by atoms with van der Waals surface area (Å²) in [5.41, 5.74) is 2.39. The second kappa shape index (κ2) is 6.75. The van der Waals surface area contributed by atoms with E-state index in [1.807, 2.05) is 31.3 Å². The largest absolute Gasteiger partial charge is 0.348 e. The molecule has 1 aromatic carbocycles. The number of nitrogens with zero attached hydrogens (tertiary/aromatic N) is 4. The fraction of sp³-hybridized carbons (Fsp3) is 0.333. The van der Waals surface area contributed by atoms with Gasteiger partial charge in [-0.3, -0.25) is 4.79 Å². The molecule has 136 valence electrons. The van der Waals surface area contributed by atoms with Gasteiger partial charge in [0, 0.05) is 25.0 Å². The van der Waals surface area contributed by atoms with Crippen LogP contribution in [0.3, 0.4) is 0 Å². The molecule has 0 N–H and O–H groups in total. The molecular formula is C18H18F2N4OS. The predicted octanol–water partition coefficient (Wildman–Crippen LogP) is 3.76. The van der Waals surface area contributed by atoms with Crippen molar-refractivity contribution in [3.8, 4) is 0 Å². The number of para-hydroxylation sites is 2. The van der Waals surface area contributed by atoms with Gasteiger partial charge in [-0.15, -0.1) is 0 Å². The summed E-state index contributed by atoms with van der Waals surface area (Å²) in [6.45, 7) is 3.33. The minimum Gasteiger partial charge on any atom is -0.348 e. The molecule has 0 radical (unpaired) electrons. The first-order valence-corrected chi connectivity index (χ1v) is 9.27. The minimum absolute atomic E-state index is 0.000610. The van der Waals surface area contributed by atoms with E-state index in [1.54, 1.807) is 27.7 Å². The number of thioether (sulfide) groups is 1. The van der Waals surface area contributed by atoms with E-state index in [9.17, 15) is 13.6 Å². The Labute approximate surface area is 153 Å². The molecule has 26 heavy (non-hydrogen) atoms. The summed E-state index contributed by atoms with van der Waals surface area (Å²) in [5.74, 6) is -2.68. The monoisotopic (exact) mass is 376 g/mol. The van der Waals surface area contributed by atoms with Crippen LogP contribution >= 0.6 is 11.8 Å². The Morgan fingerprint density at radius 2 is 2.08 bits per heavy atom. The second-order valence-electron chi connectivity index (χ2n) is 6.24. The van der Waals surface area contributed by atoms with Crippen molar-refractivity contribution in [1.29, 1.82) is 0 Å². The quantitative estimate of drug-likeness (QED) is 0.651. The first kappa shape index (κ1) is 17.1. The molecule has 1 aliphatic rings. The Kier molecular flexibility index (Phi) is 4.44. The van der Waals surface area contributed by atoms with Crippen molar-refractivity contribution in [2.24, 2.45) is 0 Å². The Morgan fingerprint density at radius 3 is 2.88 bits per heavy atom. The van der Waals surface area contributed by atoms with E-state index >= 15 is 0 Å². The number of hydrogen-bond acceptors (Lipinski definition) is 3. The number of imidazole rings is 1.